The van der Waals surface area contributed by atoms with Crippen LogP contribution in [0.4, 0.5) is 5.13 Å². The molecule has 2 N–H and O–H groups in total. The lowest BCUT2D eigenvalue weighted by Crippen LogP contribution is -2.13. The molecule has 8 heteroatoms. The third-order valence-corrected chi connectivity index (χ3v) is 4.21. The molecule has 0 saturated carbocycles. The predicted octanol–water partition coefficient (Wildman–Crippen LogP) is 2.23. The summed E-state index contributed by atoms with van der Waals surface area (Å²) in [7, 11) is 1.46. The van der Waals surface area contributed by atoms with Crippen LogP contribution in [0.25, 0.3) is 0 Å². The molecule has 0 aromatic carbocycles. The maximum absolute atomic E-state index is 11.8. The van der Waals surface area contributed by atoms with E-state index in [0.717, 1.165) is 16.2 Å². The van der Waals surface area contributed by atoms with Gasteiger partial charge in [-0.1, -0.05) is 17.4 Å². The Morgan fingerprint density at radius 2 is 2.30 bits per heavy atom. The molecule has 0 unspecified atom stereocenters. The third kappa shape index (κ3) is 3.62. The summed E-state index contributed by atoms with van der Waals surface area (Å²) in [5.41, 5.74) is 0.316. The first-order valence-electron chi connectivity index (χ1n) is 5.64. The first kappa shape index (κ1) is 14.6. The number of thiazole rings is 1. The molecule has 1 amide bonds. The zero-order chi connectivity index (χ0) is 14.5. The minimum atomic E-state index is -1.08. The van der Waals surface area contributed by atoms with E-state index in [1.807, 2.05) is 17.5 Å². The number of ether oxygens (including phenoxy) is 1. The summed E-state index contributed by atoms with van der Waals surface area (Å²) in [5, 5.41) is 13.8. The van der Waals surface area contributed by atoms with Gasteiger partial charge < -0.3 is 15.2 Å². The summed E-state index contributed by atoms with van der Waals surface area (Å²) in [6.45, 7) is 0.0962. The van der Waals surface area contributed by atoms with Gasteiger partial charge in [0, 0.05) is 12.0 Å². The molecule has 0 aliphatic carbocycles. The van der Waals surface area contributed by atoms with Crippen molar-refractivity contribution in [1.29, 1.82) is 0 Å². The van der Waals surface area contributed by atoms with E-state index in [2.05, 4.69) is 10.3 Å². The van der Waals surface area contributed by atoms with Gasteiger partial charge >= 0.3 is 5.97 Å². The molecule has 106 valence electrons. The molecule has 6 nitrogen and oxygen atoms in total. The topological polar surface area (TPSA) is 88.5 Å². The van der Waals surface area contributed by atoms with Crippen molar-refractivity contribution in [2.24, 2.45) is 0 Å². The number of anilines is 1. The maximum Gasteiger partial charge on any atom is 0.347 e. The molecule has 20 heavy (non-hydrogen) atoms. The van der Waals surface area contributed by atoms with Crippen LogP contribution in [0.5, 0.6) is 0 Å². The molecule has 2 aromatic heterocycles. The quantitative estimate of drug-likeness (QED) is 0.854. The summed E-state index contributed by atoms with van der Waals surface area (Å²) in [6, 6.07) is 3.74. The highest BCUT2D eigenvalue weighted by atomic mass is 32.1. The van der Waals surface area contributed by atoms with Crippen LogP contribution in [0.2, 0.25) is 0 Å². The molecule has 0 atom stereocenters. The van der Waals surface area contributed by atoms with Crippen molar-refractivity contribution in [2.45, 2.75) is 13.0 Å². The van der Waals surface area contributed by atoms with Crippen LogP contribution < -0.4 is 5.32 Å². The predicted molar refractivity (Wildman–Crippen MR) is 76.4 cm³/mol. The van der Waals surface area contributed by atoms with E-state index in [1.54, 1.807) is 0 Å². The van der Waals surface area contributed by atoms with E-state index >= 15 is 0 Å². The average molecular weight is 312 g/mol. The van der Waals surface area contributed by atoms with Gasteiger partial charge in [0.15, 0.2) is 5.13 Å². The van der Waals surface area contributed by atoms with E-state index in [-0.39, 0.29) is 28.9 Å². The van der Waals surface area contributed by atoms with Gasteiger partial charge in [-0.05, 0) is 11.4 Å². The molecule has 0 saturated heterocycles. The molecule has 0 aliphatic heterocycles. The standard InChI is InChI=1S/C12H12N2O4S2/c1-18-6-8-10(11(16)17)20-12(13-8)14-9(15)5-7-3-2-4-19-7/h2-4H,5-6H2,1H3,(H,16,17)(H,13,14,15). The average Bonchev–Trinajstić information content (AvgIpc) is 2.99. The normalized spacial score (nSPS) is 10.4. The Morgan fingerprint density at radius 3 is 2.90 bits per heavy atom. The highest BCUT2D eigenvalue weighted by Gasteiger charge is 2.18. The fourth-order valence-electron chi connectivity index (χ4n) is 1.54. The number of nitrogens with one attached hydrogen (secondary N) is 1. The van der Waals surface area contributed by atoms with E-state index in [9.17, 15) is 9.59 Å². The van der Waals surface area contributed by atoms with E-state index in [1.165, 1.54) is 18.4 Å². The number of thiophene rings is 1. The van der Waals surface area contributed by atoms with Gasteiger partial charge in [0.1, 0.15) is 4.88 Å². The van der Waals surface area contributed by atoms with Crippen LogP contribution in [0, 0.1) is 0 Å². The van der Waals surface area contributed by atoms with E-state index < -0.39 is 5.97 Å². The van der Waals surface area contributed by atoms with Crippen molar-refractivity contribution in [2.75, 3.05) is 12.4 Å². The van der Waals surface area contributed by atoms with Gasteiger partial charge in [0.25, 0.3) is 0 Å². The number of amides is 1. The summed E-state index contributed by atoms with van der Waals surface area (Å²) in [5.74, 6) is -1.30. The number of carboxylic acid groups (broad SMARTS) is 1. The van der Waals surface area contributed by atoms with Crippen molar-refractivity contribution in [3.8, 4) is 0 Å². The van der Waals surface area contributed by atoms with Crippen molar-refractivity contribution < 1.29 is 19.4 Å². The SMILES string of the molecule is COCc1nc(NC(=O)Cc2cccs2)sc1C(=O)O. The van der Waals surface area contributed by atoms with Crippen molar-refractivity contribution in [3.63, 3.8) is 0 Å². The Morgan fingerprint density at radius 1 is 1.50 bits per heavy atom. The number of methoxy groups -OCH3 is 1. The number of carbonyl (C=O) groups excluding carboxylic acids is 1. The molecular formula is C12H12N2O4S2. The summed E-state index contributed by atoms with van der Waals surface area (Å²) >= 11 is 2.42. The minimum Gasteiger partial charge on any atom is -0.477 e. The molecule has 2 rings (SSSR count). The molecule has 2 aromatic rings. The summed E-state index contributed by atoms with van der Waals surface area (Å²) < 4.78 is 4.89. The number of aromatic carboxylic acids is 1. The van der Waals surface area contributed by atoms with E-state index in [0.29, 0.717) is 5.69 Å². The molecule has 0 spiro atoms. The first-order chi connectivity index (χ1) is 9.60. The largest absolute Gasteiger partial charge is 0.477 e. The van der Waals surface area contributed by atoms with Gasteiger partial charge in [-0.3, -0.25) is 4.79 Å². The fraction of sp³-hybridized carbons (Fsp3) is 0.250. The molecule has 0 fully saturated rings. The van der Waals surface area contributed by atoms with Crippen LogP contribution in [-0.4, -0.2) is 29.1 Å². The molecule has 2 heterocycles. The van der Waals surface area contributed by atoms with Crippen LogP contribution in [0.3, 0.4) is 0 Å². The number of nitrogens with zero attached hydrogens (tertiary/aromatic N) is 1. The van der Waals surface area contributed by atoms with Crippen molar-refractivity contribution >= 4 is 39.7 Å². The third-order valence-electron chi connectivity index (χ3n) is 2.33. The van der Waals surface area contributed by atoms with Crippen LogP contribution >= 0.6 is 22.7 Å². The Hall–Kier alpha value is -1.77. The number of aromatic nitrogens is 1. The highest BCUT2D eigenvalue weighted by molar-refractivity contribution is 7.17. The number of hydrogen-bond acceptors (Lipinski definition) is 6. The lowest BCUT2D eigenvalue weighted by atomic mass is 10.3. The van der Waals surface area contributed by atoms with Gasteiger partial charge in [-0.25, -0.2) is 9.78 Å². The zero-order valence-electron chi connectivity index (χ0n) is 10.6. The van der Waals surface area contributed by atoms with Gasteiger partial charge in [-0.15, -0.1) is 11.3 Å². The molecular weight excluding hydrogens is 300 g/mol. The van der Waals surface area contributed by atoms with Gasteiger partial charge in [-0.2, -0.15) is 0 Å². The Kier molecular flexibility index (Phi) is 4.83. The number of rotatable bonds is 6. The molecule has 0 radical (unpaired) electrons. The van der Waals surface area contributed by atoms with Crippen LogP contribution in [0.15, 0.2) is 17.5 Å². The first-order valence-corrected chi connectivity index (χ1v) is 7.34. The lowest BCUT2D eigenvalue weighted by molar-refractivity contribution is -0.115. The second kappa shape index (κ2) is 6.60. The number of hydrogen-bond donors (Lipinski definition) is 2. The fourth-order valence-corrected chi connectivity index (χ4v) is 3.07. The Labute approximate surface area is 123 Å². The second-order valence-electron chi connectivity index (χ2n) is 3.84. The van der Waals surface area contributed by atoms with Gasteiger partial charge in [0.2, 0.25) is 5.91 Å². The summed E-state index contributed by atoms with van der Waals surface area (Å²) in [4.78, 5) is 28.0. The molecule has 0 bridgehead atoms. The number of carboxylic acids is 1. The molecule has 0 aliphatic rings. The van der Waals surface area contributed by atoms with Crippen molar-refractivity contribution in [3.05, 3.63) is 33.0 Å². The summed E-state index contributed by atoms with van der Waals surface area (Å²) in [6.07, 6.45) is 0.249. The van der Waals surface area contributed by atoms with Gasteiger partial charge in [0.05, 0.1) is 18.7 Å². The van der Waals surface area contributed by atoms with Crippen molar-refractivity contribution in [1.82, 2.24) is 4.98 Å². The maximum atomic E-state index is 11.8. The van der Waals surface area contributed by atoms with E-state index in [4.69, 9.17) is 9.84 Å². The monoisotopic (exact) mass is 312 g/mol. The zero-order valence-corrected chi connectivity index (χ0v) is 12.2. The second-order valence-corrected chi connectivity index (χ2v) is 5.87. The number of carbonyl (C=O) groups is 2. The van der Waals surface area contributed by atoms with Crippen LogP contribution in [0.1, 0.15) is 20.2 Å². The Bertz CT molecular complexity index is 607. The van der Waals surface area contributed by atoms with Crippen LogP contribution in [-0.2, 0) is 22.6 Å². The Balaban J connectivity index is 2.07. The highest BCUT2D eigenvalue weighted by Crippen LogP contribution is 2.24. The lowest BCUT2D eigenvalue weighted by Gasteiger charge is -1.99. The minimum absolute atomic E-state index is 0.0817. The smallest absolute Gasteiger partial charge is 0.347 e.